The molecule has 2 N–H and O–H groups in total. The molecule has 0 aliphatic heterocycles. The van der Waals surface area contributed by atoms with E-state index in [1.54, 1.807) is 0 Å². The van der Waals surface area contributed by atoms with Gasteiger partial charge in [-0.2, -0.15) is 0 Å². The quantitative estimate of drug-likeness (QED) is 0.676. The van der Waals surface area contributed by atoms with E-state index in [1.165, 1.54) is 32.1 Å². The molecular formula is C13H24N2. The van der Waals surface area contributed by atoms with Gasteiger partial charge in [-0.3, -0.25) is 4.90 Å². The van der Waals surface area contributed by atoms with E-state index in [1.807, 2.05) is 0 Å². The first kappa shape index (κ1) is 12.5. The molecule has 0 heterocycles. The third-order valence-electron chi connectivity index (χ3n) is 3.38. The Kier molecular flexibility index (Phi) is 5.14. The van der Waals surface area contributed by atoms with Gasteiger partial charge in [-0.05, 0) is 32.2 Å². The average Bonchev–Trinajstić information content (AvgIpc) is 2.63. The molecule has 2 heteroatoms. The normalized spacial score (nSPS) is 19.3. The Bertz CT molecular complexity index is 211. The molecule has 1 aliphatic rings. The van der Waals surface area contributed by atoms with Crippen molar-refractivity contribution < 1.29 is 0 Å². The fraction of sp³-hybridized carbons (Fsp3) is 0.846. The maximum absolute atomic E-state index is 6.32. The van der Waals surface area contributed by atoms with Crippen LogP contribution in [0.1, 0.15) is 45.4 Å². The van der Waals surface area contributed by atoms with E-state index < -0.39 is 0 Å². The number of terminal acetylenes is 1. The molecule has 0 atom stereocenters. The van der Waals surface area contributed by atoms with Gasteiger partial charge in [0.15, 0.2) is 0 Å². The van der Waals surface area contributed by atoms with Gasteiger partial charge < -0.3 is 5.73 Å². The molecule has 1 saturated carbocycles. The SMILES string of the molecule is C#CCN(CCC)CCC1(N)CCCC1. The molecule has 0 aromatic rings. The summed E-state index contributed by atoms with van der Waals surface area (Å²) in [5, 5.41) is 0. The van der Waals surface area contributed by atoms with Gasteiger partial charge in [-0.15, -0.1) is 6.42 Å². The van der Waals surface area contributed by atoms with Gasteiger partial charge in [-0.1, -0.05) is 25.7 Å². The Labute approximate surface area is 94.2 Å². The molecule has 86 valence electrons. The van der Waals surface area contributed by atoms with Crippen molar-refractivity contribution in [3.05, 3.63) is 0 Å². The first-order valence-electron chi connectivity index (χ1n) is 6.15. The molecule has 0 aromatic carbocycles. The predicted molar refractivity (Wildman–Crippen MR) is 65.6 cm³/mol. The molecule has 1 fully saturated rings. The zero-order valence-electron chi connectivity index (χ0n) is 9.97. The lowest BCUT2D eigenvalue weighted by Gasteiger charge is -2.27. The van der Waals surface area contributed by atoms with Crippen molar-refractivity contribution in [2.75, 3.05) is 19.6 Å². The van der Waals surface area contributed by atoms with E-state index in [9.17, 15) is 0 Å². The lowest BCUT2D eigenvalue weighted by atomic mass is 9.94. The first-order chi connectivity index (χ1) is 7.20. The van der Waals surface area contributed by atoms with Crippen LogP contribution in [0.25, 0.3) is 0 Å². The molecule has 0 bridgehead atoms. The van der Waals surface area contributed by atoms with Crippen LogP contribution in [0.4, 0.5) is 0 Å². The maximum atomic E-state index is 6.32. The van der Waals surface area contributed by atoms with Crippen molar-refractivity contribution in [2.24, 2.45) is 5.73 Å². The van der Waals surface area contributed by atoms with Crippen LogP contribution in [0.2, 0.25) is 0 Å². The van der Waals surface area contributed by atoms with E-state index in [0.29, 0.717) is 0 Å². The zero-order valence-corrected chi connectivity index (χ0v) is 9.97. The van der Waals surface area contributed by atoms with Gasteiger partial charge in [0.2, 0.25) is 0 Å². The molecule has 0 unspecified atom stereocenters. The fourth-order valence-electron chi connectivity index (χ4n) is 2.43. The summed E-state index contributed by atoms with van der Waals surface area (Å²) in [6, 6.07) is 0. The Morgan fingerprint density at radius 2 is 2.00 bits per heavy atom. The van der Waals surface area contributed by atoms with Crippen LogP contribution < -0.4 is 5.73 Å². The first-order valence-corrected chi connectivity index (χ1v) is 6.15. The minimum absolute atomic E-state index is 0.112. The molecule has 0 radical (unpaired) electrons. The second kappa shape index (κ2) is 6.15. The van der Waals surface area contributed by atoms with Crippen LogP contribution in [-0.4, -0.2) is 30.1 Å². The van der Waals surface area contributed by atoms with Crippen LogP contribution in [0.15, 0.2) is 0 Å². The highest BCUT2D eigenvalue weighted by molar-refractivity contribution is 4.92. The van der Waals surface area contributed by atoms with Gasteiger partial charge >= 0.3 is 0 Å². The minimum Gasteiger partial charge on any atom is -0.325 e. The molecule has 0 spiro atoms. The van der Waals surface area contributed by atoms with Crippen molar-refractivity contribution in [2.45, 2.75) is 51.0 Å². The summed E-state index contributed by atoms with van der Waals surface area (Å²) in [4.78, 5) is 2.34. The molecular weight excluding hydrogens is 184 g/mol. The maximum Gasteiger partial charge on any atom is 0.0598 e. The summed E-state index contributed by atoms with van der Waals surface area (Å²) in [6.45, 7) is 5.12. The molecule has 0 saturated heterocycles. The van der Waals surface area contributed by atoms with E-state index in [2.05, 4.69) is 17.7 Å². The standard InChI is InChI=1S/C13H24N2/c1-3-10-15(11-4-2)12-9-13(14)7-5-6-8-13/h1H,4-12,14H2,2H3. The summed E-state index contributed by atoms with van der Waals surface area (Å²) in [6.07, 6.45) is 12.6. The number of rotatable bonds is 6. The van der Waals surface area contributed by atoms with Crippen LogP contribution in [0.3, 0.4) is 0 Å². The van der Waals surface area contributed by atoms with Gasteiger partial charge in [0, 0.05) is 12.1 Å². The van der Waals surface area contributed by atoms with E-state index in [4.69, 9.17) is 12.2 Å². The fourth-order valence-corrected chi connectivity index (χ4v) is 2.43. The van der Waals surface area contributed by atoms with Crippen molar-refractivity contribution >= 4 is 0 Å². The molecule has 15 heavy (non-hydrogen) atoms. The lowest BCUT2D eigenvalue weighted by Crippen LogP contribution is -2.40. The molecule has 0 aromatic heterocycles. The average molecular weight is 208 g/mol. The summed E-state index contributed by atoms with van der Waals surface area (Å²) in [5.41, 5.74) is 6.43. The summed E-state index contributed by atoms with van der Waals surface area (Å²) >= 11 is 0. The Hall–Kier alpha value is -0.520. The molecule has 2 nitrogen and oxygen atoms in total. The summed E-state index contributed by atoms with van der Waals surface area (Å²) in [5.74, 6) is 2.73. The number of nitrogens with two attached hydrogens (primary N) is 1. The second-order valence-corrected chi connectivity index (χ2v) is 4.80. The van der Waals surface area contributed by atoms with Crippen molar-refractivity contribution in [1.82, 2.24) is 4.90 Å². The van der Waals surface area contributed by atoms with Gasteiger partial charge in [-0.25, -0.2) is 0 Å². The third kappa shape index (κ3) is 4.24. The van der Waals surface area contributed by atoms with Gasteiger partial charge in [0.05, 0.1) is 6.54 Å². The van der Waals surface area contributed by atoms with E-state index in [-0.39, 0.29) is 5.54 Å². The predicted octanol–water partition coefficient (Wildman–Crippen LogP) is 1.99. The molecule has 1 aliphatic carbocycles. The van der Waals surface area contributed by atoms with E-state index in [0.717, 1.165) is 26.1 Å². The van der Waals surface area contributed by atoms with E-state index >= 15 is 0 Å². The number of nitrogens with zero attached hydrogens (tertiary/aromatic N) is 1. The number of hydrogen-bond donors (Lipinski definition) is 1. The zero-order chi connectivity index (χ0) is 11.1. The van der Waals surface area contributed by atoms with Crippen molar-refractivity contribution in [3.63, 3.8) is 0 Å². The molecule has 0 amide bonds. The highest BCUT2D eigenvalue weighted by Gasteiger charge is 2.29. The largest absolute Gasteiger partial charge is 0.325 e. The summed E-state index contributed by atoms with van der Waals surface area (Å²) < 4.78 is 0. The highest BCUT2D eigenvalue weighted by atomic mass is 15.1. The summed E-state index contributed by atoms with van der Waals surface area (Å²) in [7, 11) is 0. The highest BCUT2D eigenvalue weighted by Crippen LogP contribution is 2.30. The van der Waals surface area contributed by atoms with Gasteiger partial charge in [0.1, 0.15) is 0 Å². The van der Waals surface area contributed by atoms with Crippen molar-refractivity contribution in [3.8, 4) is 12.3 Å². The van der Waals surface area contributed by atoms with Crippen LogP contribution >= 0.6 is 0 Å². The molecule has 1 rings (SSSR count). The monoisotopic (exact) mass is 208 g/mol. The Morgan fingerprint density at radius 1 is 1.33 bits per heavy atom. The Balaban J connectivity index is 2.29. The van der Waals surface area contributed by atoms with Crippen LogP contribution in [-0.2, 0) is 0 Å². The lowest BCUT2D eigenvalue weighted by molar-refractivity contribution is 0.262. The Morgan fingerprint density at radius 3 is 2.53 bits per heavy atom. The van der Waals surface area contributed by atoms with Crippen LogP contribution in [0, 0.1) is 12.3 Å². The number of hydrogen-bond acceptors (Lipinski definition) is 2. The topological polar surface area (TPSA) is 29.3 Å². The second-order valence-electron chi connectivity index (χ2n) is 4.80. The minimum atomic E-state index is 0.112. The van der Waals surface area contributed by atoms with Crippen LogP contribution in [0.5, 0.6) is 0 Å². The van der Waals surface area contributed by atoms with Gasteiger partial charge in [0.25, 0.3) is 0 Å². The third-order valence-corrected chi connectivity index (χ3v) is 3.38. The van der Waals surface area contributed by atoms with Crippen molar-refractivity contribution in [1.29, 1.82) is 0 Å². The smallest absolute Gasteiger partial charge is 0.0598 e.